The van der Waals surface area contributed by atoms with E-state index in [0.29, 0.717) is 26.8 Å². The number of methoxy groups -OCH3 is 1. The molecule has 3 rings (SSSR count). The summed E-state index contributed by atoms with van der Waals surface area (Å²) in [6.45, 7) is 1.60. The van der Waals surface area contributed by atoms with Crippen LogP contribution < -0.4 is 10.5 Å². The van der Waals surface area contributed by atoms with E-state index < -0.39 is 0 Å². The van der Waals surface area contributed by atoms with Gasteiger partial charge in [-0.05, 0) is 19.3 Å². The summed E-state index contributed by atoms with van der Waals surface area (Å²) >= 11 is 1.29. The summed E-state index contributed by atoms with van der Waals surface area (Å²) in [5.74, 6) is 0.418. The highest BCUT2D eigenvalue weighted by Gasteiger charge is 2.24. The van der Waals surface area contributed by atoms with Crippen LogP contribution in [-0.4, -0.2) is 41.0 Å². The first-order valence-electron chi connectivity index (χ1n) is 6.59. The van der Waals surface area contributed by atoms with Gasteiger partial charge in [-0.15, -0.1) is 11.3 Å². The maximum absolute atomic E-state index is 12.5. The predicted molar refractivity (Wildman–Crippen MR) is 78.1 cm³/mol. The van der Waals surface area contributed by atoms with Crippen molar-refractivity contribution in [3.63, 3.8) is 0 Å². The Kier molecular flexibility index (Phi) is 3.43. The second-order valence-corrected chi connectivity index (χ2v) is 5.76. The number of hydrogen-bond donors (Lipinski definition) is 1. The number of nitrogens with zero attached hydrogens (tertiary/aromatic N) is 3. The van der Waals surface area contributed by atoms with Crippen LogP contribution in [0, 0.1) is 0 Å². The fraction of sp³-hybridized carbons (Fsp3) is 0.462. The largest absolute Gasteiger partial charge is 0.480 e. The third-order valence-corrected chi connectivity index (χ3v) is 4.54. The van der Waals surface area contributed by atoms with Crippen LogP contribution in [0.1, 0.15) is 28.9 Å². The van der Waals surface area contributed by atoms with E-state index in [1.165, 1.54) is 31.1 Å². The van der Waals surface area contributed by atoms with Crippen molar-refractivity contribution in [1.29, 1.82) is 0 Å². The van der Waals surface area contributed by atoms with Crippen molar-refractivity contribution < 1.29 is 9.53 Å². The molecule has 1 saturated heterocycles. The first-order valence-corrected chi connectivity index (χ1v) is 7.40. The van der Waals surface area contributed by atoms with E-state index in [2.05, 4.69) is 9.97 Å². The highest BCUT2D eigenvalue weighted by Crippen LogP contribution is 2.33. The van der Waals surface area contributed by atoms with Crippen LogP contribution in [0.25, 0.3) is 10.3 Å². The molecule has 1 amide bonds. The number of rotatable bonds is 2. The average molecular weight is 292 g/mol. The number of carbonyl (C=O) groups excluding carboxylic acids is 1. The van der Waals surface area contributed by atoms with Gasteiger partial charge in [-0.3, -0.25) is 4.79 Å². The number of nitrogens with two attached hydrogens (primary N) is 1. The van der Waals surface area contributed by atoms with E-state index >= 15 is 0 Å². The number of fused-ring (bicyclic) bond motifs is 1. The Balaban J connectivity index is 1.98. The summed E-state index contributed by atoms with van der Waals surface area (Å²) in [7, 11) is 1.53. The molecule has 0 radical (unpaired) electrons. The molecule has 3 heterocycles. The molecule has 1 fully saturated rings. The lowest BCUT2D eigenvalue weighted by atomic mass is 10.1. The Labute approximate surface area is 120 Å². The molecule has 0 bridgehead atoms. The van der Waals surface area contributed by atoms with E-state index in [1.807, 2.05) is 4.90 Å². The first-order chi connectivity index (χ1) is 9.70. The maximum Gasteiger partial charge on any atom is 0.266 e. The standard InChI is InChI=1S/C13H16N4O2S/c1-19-8-7-15-10-9(14)11(20-12(10)16-8)13(18)17-5-3-2-4-6-17/h7H,2-6,14H2,1H3. The highest BCUT2D eigenvalue weighted by atomic mass is 32.1. The number of aromatic nitrogens is 2. The minimum Gasteiger partial charge on any atom is -0.480 e. The van der Waals surface area contributed by atoms with Crippen molar-refractivity contribution in [2.45, 2.75) is 19.3 Å². The Bertz CT molecular complexity index is 649. The fourth-order valence-corrected chi connectivity index (χ4v) is 3.38. The molecule has 106 valence electrons. The van der Waals surface area contributed by atoms with Gasteiger partial charge in [-0.25, -0.2) is 4.98 Å². The van der Waals surface area contributed by atoms with Gasteiger partial charge in [-0.1, -0.05) is 0 Å². The molecule has 6 nitrogen and oxygen atoms in total. The van der Waals surface area contributed by atoms with Gasteiger partial charge in [-0.2, -0.15) is 4.98 Å². The average Bonchev–Trinajstić information content (AvgIpc) is 2.84. The molecule has 1 aliphatic rings. The quantitative estimate of drug-likeness (QED) is 0.914. The number of likely N-dealkylation sites (tertiary alicyclic amines) is 1. The third kappa shape index (κ3) is 2.18. The predicted octanol–water partition coefficient (Wildman–Crippen LogP) is 1.91. The molecular weight excluding hydrogens is 276 g/mol. The van der Waals surface area contributed by atoms with Crippen molar-refractivity contribution in [3.8, 4) is 5.88 Å². The van der Waals surface area contributed by atoms with Gasteiger partial charge in [0.15, 0.2) is 0 Å². The summed E-state index contributed by atoms with van der Waals surface area (Å²) in [6, 6.07) is 0. The van der Waals surface area contributed by atoms with Crippen molar-refractivity contribution in [1.82, 2.24) is 14.9 Å². The zero-order valence-corrected chi connectivity index (χ0v) is 12.1. The van der Waals surface area contributed by atoms with Crippen molar-refractivity contribution in [2.24, 2.45) is 0 Å². The molecular formula is C13H16N4O2S. The normalized spacial score (nSPS) is 15.6. The van der Waals surface area contributed by atoms with Gasteiger partial charge in [0.1, 0.15) is 15.2 Å². The minimum atomic E-state index is -0.00836. The Morgan fingerprint density at radius 1 is 1.40 bits per heavy atom. The topological polar surface area (TPSA) is 81.3 Å². The summed E-state index contributed by atoms with van der Waals surface area (Å²) in [6.07, 6.45) is 4.81. The Hall–Kier alpha value is -1.89. The van der Waals surface area contributed by atoms with E-state index in [4.69, 9.17) is 10.5 Å². The Morgan fingerprint density at radius 3 is 2.85 bits per heavy atom. The van der Waals surface area contributed by atoms with Gasteiger partial charge in [0, 0.05) is 13.1 Å². The molecule has 0 saturated carbocycles. The molecule has 0 aliphatic carbocycles. The molecule has 2 aromatic rings. The van der Waals surface area contributed by atoms with E-state index in [-0.39, 0.29) is 5.91 Å². The molecule has 2 aromatic heterocycles. The van der Waals surface area contributed by atoms with Gasteiger partial charge in [0.25, 0.3) is 5.91 Å². The highest BCUT2D eigenvalue weighted by molar-refractivity contribution is 7.21. The summed E-state index contributed by atoms with van der Waals surface area (Å²) in [4.78, 5) is 24.1. The molecule has 0 spiro atoms. The van der Waals surface area contributed by atoms with E-state index in [9.17, 15) is 4.79 Å². The summed E-state index contributed by atoms with van der Waals surface area (Å²) in [5, 5.41) is 0. The molecule has 0 unspecified atom stereocenters. The zero-order valence-electron chi connectivity index (χ0n) is 11.3. The van der Waals surface area contributed by atoms with E-state index in [0.717, 1.165) is 25.9 Å². The van der Waals surface area contributed by atoms with Gasteiger partial charge in [0.2, 0.25) is 5.88 Å². The number of ether oxygens (including phenoxy) is 1. The number of piperidine rings is 1. The van der Waals surface area contributed by atoms with Crippen molar-refractivity contribution in [3.05, 3.63) is 11.1 Å². The number of anilines is 1. The molecule has 2 N–H and O–H groups in total. The fourth-order valence-electron chi connectivity index (χ4n) is 2.37. The summed E-state index contributed by atoms with van der Waals surface area (Å²) in [5.41, 5.74) is 7.06. The molecule has 20 heavy (non-hydrogen) atoms. The SMILES string of the molecule is COc1cnc2c(N)c(C(=O)N3CCCCC3)sc2n1. The summed E-state index contributed by atoms with van der Waals surface area (Å²) < 4.78 is 5.05. The van der Waals surface area contributed by atoms with Crippen LogP contribution >= 0.6 is 11.3 Å². The lowest BCUT2D eigenvalue weighted by Gasteiger charge is -2.26. The Morgan fingerprint density at radius 2 is 2.15 bits per heavy atom. The van der Waals surface area contributed by atoms with Gasteiger partial charge < -0.3 is 15.4 Å². The monoisotopic (exact) mass is 292 g/mol. The van der Waals surface area contributed by atoms with Crippen LogP contribution in [0.5, 0.6) is 5.88 Å². The van der Waals surface area contributed by atoms with Crippen molar-refractivity contribution >= 4 is 33.3 Å². The van der Waals surface area contributed by atoms with Gasteiger partial charge in [0.05, 0.1) is 19.0 Å². The van der Waals surface area contributed by atoms with Crippen LogP contribution in [0.4, 0.5) is 5.69 Å². The van der Waals surface area contributed by atoms with Crippen molar-refractivity contribution in [2.75, 3.05) is 25.9 Å². The van der Waals surface area contributed by atoms with Crippen LogP contribution in [-0.2, 0) is 0 Å². The number of carbonyl (C=O) groups is 1. The van der Waals surface area contributed by atoms with E-state index in [1.54, 1.807) is 0 Å². The molecule has 0 aromatic carbocycles. The zero-order chi connectivity index (χ0) is 14.1. The van der Waals surface area contributed by atoms with Gasteiger partial charge >= 0.3 is 0 Å². The third-order valence-electron chi connectivity index (χ3n) is 3.46. The minimum absolute atomic E-state index is 0.00836. The van der Waals surface area contributed by atoms with Crippen LogP contribution in [0.3, 0.4) is 0 Å². The number of thiophene rings is 1. The molecule has 1 aliphatic heterocycles. The second-order valence-electron chi connectivity index (χ2n) is 4.76. The smallest absolute Gasteiger partial charge is 0.266 e. The van der Waals surface area contributed by atoms with Crippen LogP contribution in [0.15, 0.2) is 6.20 Å². The second kappa shape index (κ2) is 5.24. The number of nitrogen functional groups attached to an aromatic ring is 1. The van der Waals surface area contributed by atoms with Crippen LogP contribution in [0.2, 0.25) is 0 Å². The first kappa shape index (κ1) is 13.1. The molecule has 0 atom stereocenters. The number of amides is 1. The number of hydrogen-bond acceptors (Lipinski definition) is 6. The lowest BCUT2D eigenvalue weighted by Crippen LogP contribution is -2.35. The molecule has 7 heteroatoms. The maximum atomic E-state index is 12.5. The lowest BCUT2D eigenvalue weighted by molar-refractivity contribution is 0.0730.